The maximum Gasteiger partial charge on any atom is 0.227 e. The topological polar surface area (TPSA) is 78.4 Å². The average molecular weight is 289 g/mol. The monoisotopic (exact) mass is 289 g/mol. The van der Waals surface area contributed by atoms with E-state index in [0.29, 0.717) is 30.7 Å². The van der Waals surface area contributed by atoms with Crippen molar-refractivity contribution in [1.29, 1.82) is 0 Å². The van der Waals surface area contributed by atoms with Crippen molar-refractivity contribution in [3.8, 4) is 0 Å². The predicted molar refractivity (Wildman–Crippen MR) is 84.3 cm³/mol. The van der Waals surface area contributed by atoms with Crippen LogP contribution >= 0.6 is 0 Å². The second kappa shape index (κ2) is 7.06. The van der Waals surface area contributed by atoms with Crippen molar-refractivity contribution in [2.24, 2.45) is 10.9 Å². The maximum absolute atomic E-state index is 11.8. The second-order valence-electron chi connectivity index (χ2n) is 5.48. The summed E-state index contributed by atoms with van der Waals surface area (Å²) in [6.45, 7) is 4.70. The normalized spacial score (nSPS) is 20.8. The lowest BCUT2D eigenvalue weighted by Gasteiger charge is -2.11. The minimum atomic E-state index is -0.0610. The zero-order valence-electron chi connectivity index (χ0n) is 12.8. The molecule has 0 spiro atoms. The van der Waals surface area contributed by atoms with Crippen molar-refractivity contribution >= 4 is 17.7 Å². The molecule has 114 valence electrons. The zero-order valence-corrected chi connectivity index (χ0v) is 12.8. The molecule has 0 saturated heterocycles. The summed E-state index contributed by atoms with van der Waals surface area (Å²) in [4.78, 5) is 20.1. The number of aromatic nitrogens is 1. The highest BCUT2D eigenvalue weighted by Gasteiger charge is 2.33. The fourth-order valence-electron chi connectivity index (χ4n) is 1.93. The molecule has 1 saturated carbocycles. The summed E-state index contributed by atoms with van der Waals surface area (Å²) in [7, 11) is 1.73. The van der Waals surface area contributed by atoms with Crippen molar-refractivity contribution in [2.45, 2.75) is 32.7 Å². The van der Waals surface area contributed by atoms with E-state index in [9.17, 15) is 4.79 Å². The Labute approximate surface area is 125 Å². The van der Waals surface area contributed by atoms with Crippen LogP contribution in [0, 0.1) is 12.8 Å². The molecule has 2 unspecified atom stereocenters. The Morgan fingerprint density at radius 3 is 2.81 bits per heavy atom. The van der Waals surface area contributed by atoms with Crippen LogP contribution in [-0.4, -0.2) is 36.5 Å². The number of amides is 1. The molecule has 1 aliphatic carbocycles. The number of aryl methyl sites for hydroxylation is 1. The molecule has 2 atom stereocenters. The van der Waals surface area contributed by atoms with Crippen LogP contribution in [0.25, 0.3) is 0 Å². The lowest BCUT2D eigenvalue weighted by molar-refractivity contribution is -0.116. The molecule has 21 heavy (non-hydrogen) atoms. The molecule has 1 aromatic heterocycles. The highest BCUT2D eigenvalue weighted by molar-refractivity contribution is 5.90. The van der Waals surface area contributed by atoms with E-state index in [2.05, 4.69) is 32.9 Å². The number of carbonyl (C=O) groups is 1. The van der Waals surface area contributed by atoms with E-state index in [1.54, 1.807) is 19.3 Å². The Hall–Kier alpha value is -2.11. The van der Waals surface area contributed by atoms with Crippen molar-refractivity contribution in [3.63, 3.8) is 0 Å². The minimum absolute atomic E-state index is 0.0610. The molecular formula is C15H23N5O. The molecule has 1 heterocycles. The van der Waals surface area contributed by atoms with Crippen LogP contribution in [0.5, 0.6) is 0 Å². The van der Waals surface area contributed by atoms with Crippen LogP contribution in [0.3, 0.4) is 0 Å². The first-order valence-corrected chi connectivity index (χ1v) is 7.28. The second-order valence-corrected chi connectivity index (χ2v) is 5.48. The minimum Gasteiger partial charge on any atom is -0.356 e. The number of pyridine rings is 1. The summed E-state index contributed by atoms with van der Waals surface area (Å²) in [6.07, 6.45) is 3.28. The summed E-state index contributed by atoms with van der Waals surface area (Å²) >= 11 is 0. The van der Waals surface area contributed by atoms with Gasteiger partial charge in [0.1, 0.15) is 5.82 Å². The molecule has 0 bridgehead atoms. The summed E-state index contributed by atoms with van der Waals surface area (Å²) in [5, 5.41) is 9.23. The van der Waals surface area contributed by atoms with Crippen LogP contribution in [0.15, 0.2) is 23.3 Å². The molecule has 3 N–H and O–H groups in total. The van der Waals surface area contributed by atoms with Crippen LogP contribution in [0.4, 0.5) is 5.82 Å². The molecule has 1 fully saturated rings. The number of anilines is 1. The maximum atomic E-state index is 11.8. The number of nitrogens with zero attached hydrogens (tertiary/aromatic N) is 2. The van der Waals surface area contributed by atoms with Crippen LogP contribution in [0.2, 0.25) is 0 Å². The quantitative estimate of drug-likeness (QED) is 0.564. The number of hydrogen-bond acceptors (Lipinski definition) is 3. The van der Waals surface area contributed by atoms with Gasteiger partial charge in [-0.15, -0.1) is 0 Å². The smallest absolute Gasteiger partial charge is 0.227 e. The Bertz CT molecular complexity index is 511. The van der Waals surface area contributed by atoms with Gasteiger partial charge in [0, 0.05) is 32.3 Å². The van der Waals surface area contributed by atoms with E-state index in [0.717, 1.165) is 11.5 Å². The van der Waals surface area contributed by atoms with Crippen molar-refractivity contribution in [1.82, 2.24) is 15.6 Å². The number of hydrogen-bond donors (Lipinski definition) is 3. The van der Waals surface area contributed by atoms with Gasteiger partial charge >= 0.3 is 0 Å². The fraction of sp³-hybridized carbons (Fsp3) is 0.533. The Morgan fingerprint density at radius 1 is 1.48 bits per heavy atom. The molecule has 6 heteroatoms. The number of aliphatic imine (C=N–C) groups is 1. The third kappa shape index (κ3) is 5.06. The van der Waals surface area contributed by atoms with Gasteiger partial charge in [0.2, 0.25) is 5.91 Å². The average Bonchev–Trinajstić information content (AvgIpc) is 3.15. The molecule has 1 amide bonds. The number of nitrogens with one attached hydrogen (secondary N) is 3. The molecule has 2 rings (SSSR count). The van der Waals surface area contributed by atoms with E-state index in [4.69, 9.17) is 0 Å². The molecule has 1 aliphatic rings. The van der Waals surface area contributed by atoms with E-state index in [1.165, 1.54) is 6.42 Å². The van der Waals surface area contributed by atoms with Crippen molar-refractivity contribution in [2.75, 3.05) is 18.9 Å². The standard InChI is InChI=1S/C15H23N5O/c1-10-4-5-13(18-9-10)20-14(21)6-7-17-15(16-3)19-12-8-11(12)2/h4-5,9,11-12H,6-8H2,1-3H3,(H2,16,17,19)(H,18,20,21). The SMILES string of the molecule is CN=C(NCCC(=O)Nc1ccc(C)cn1)NC1CC1C. The van der Waals surface area contributed by atoms with Gasteiger partial charge in [0.25, 0.3) is 0 Å². The first-order chi connectivity index (χ1) is 10.1. The molecular weight excluding hydrogens is 266 g/mol. The summed E-state index contributed by atoms with van der Waals surface area (Å²) < 4.78 is 0. The van der Waals surface area contributed by atoms with E-state index in [1.807, 2.05) is 13.0 Å². The van der Waals surface area contributed by atoms with Gasteiger partial charge in [-0.1, -0.05) is 13.0 Å². The molecule has 0 aliphatic heterocycles. The third-order valence-corrected chi connectivity index (χ3v) is 3.48. The van der Waals surface area contributed by atoms with Gasteiger partial charge in [-0.25, -0.2) is 4.98 Å². The Kier molecular flexibility index (Phi) is 5.14. The van der Waals surface area contributed by atoms with Gasteiger partial charge in [0.15, 0.2) is 5.96 Å². The van der Waals surface area contributed by atoms with E-state index < -0.39 is 0 Å². The van der Waals surface area contributed by atoms with E-state index >= 15 is 0 Å². The van der Waals surface area contributed by atoms with Crippen molar-refractivity contribution < 1.29 is 4.79 Å². The van der Waals surface area contributed by atoms with E-state index in [-0.39, 0.29) is 5.91 Å². The lowest BCUT2D eigenvalue weighted by atomic mass is 10.3. The molecule has 6 nitrogen and oxygen atoms in total. The van der Waals surface area contributed by atoms with Crippen molar-refractivity contribution in [3.05, 3.63) is 23.9 Å². The molecule has 0 radical (unpaired) electrons. The van der Waals surface area contributed by atoms with Gasteiger partial charge in [-0.05, 0) is 30.9 Å². The number of guanidine groups is 1. The fourth-order valence-corrected chi connectivity index (χ4v) is 1.93. The van der Waals surface area contributed by atoms with Gasteiger partial charge in [-0.2, -0.15) is 0 Å². The summed E-state index contributed by atoms with van der Waals surface area (Å²) in [5.74, 6) is 1.99. The highest BCUT2D eigenvalue weighted by atomic mass is 16.1. The Balaban J connectivity index is 1.67. The van der Waals surface area contributed by atoms with Gasteiger partial charge in [0.05, 0.1) is 0 Å². The van der Waals surface area contributed by atoms with Gasteiger partial charge in [-0.3, -0.25) is 9.79 Å². The lowest BCUT2D eigenvalue weighted by Crippen LogP contribution is -2.40. The summed E-state index contributed by atoms with van der Waals surface area (Å²) in [5.41, 5.74) is 1.07. The predicted octanol–water partition coefficient (Wildman–Crippen LogP) is 1.29. The largest absolute Gasteiger partial charge is 0.356 e. The summed E-state index contributed by atoms with van der Waals surface area (Å²) in [6, 6.07) is 4.24. The van der Waals surface area contributed by atoms with Crippen LogP contribution in [-0.2, 0) is 4.79 Å². The molecule has 0 aromatic carbocycles. The highest BCUT2D eigenvalue weighted by Crippen LogP contribution is 2.28. The van der Waals surface area contributed by atoms with Crippen LogP contribution in [0.1, 0.15) is 25.3 Å². The number of rotatable bonds is 5. The Morgan fingerprint density at radius 2 is 2.24 bits per heavy atom. The first-order valence-electron chi connectivity index (χ1n) is 7.28. The van der Waals surface area contributed by atoms with Gasteiger partial charge < -0.3 is 16.0 Å². The third-order valence-electron chi connectivity index (χ3n) is 3.48. The first kappa shape index (κ1) is 15.3. The number of carbonyl (C=O) groups excluding carboxylic acids is 1. The van der Waals surface area contributed by atoms with Crippen LogP contribution < -0.4 is 16.0 Å². The zero-order chi connectivity index (χ0) is 15.2. The molecule has 1 aromatic rings.